The van der Waals surface area contributed by atoms with Crippen molar-refractivity contribution in [3.8, 4) is 5.75 Å². The summed E-state index contributed by atoms with van der Waals surface area (Å²) in [5.74, 6) is -0.0402. The lowest BCUT2D eigenvalue weighted by molar-refractivity contribution is -0.142. The van der Waals surface area contributed by atoms with Gasteiger partial charge in [-0.2, -0.15) is 0 Å². The van der Waals surface area contributed by atoms with E-state index in [0.29, 0.717) is 19.3 Å². The lowest BCUT2D eigenvalue weighted by Gasteiger charge is -2.27. The lowest BCUT2D eigenvalue weighted by atomic mass is 9.86. The highest BCUT2D eigenvalue weighted by atomic mass is 16.5. The van der Waals surface area contributed by atoms with E-state index in [2.05, 4.69) is 5.32 Å². The number of carboxylic acids is 1. The molecule has 2 rings (SSSR count). The topological polar surface area (TPSA) is 75.6 Å². The van der Waals surface area contributed by atoms with Crippen LogP contribution in [0.25, 0.3) is 0 Å². The van der Waals surface area contributed by atoms with Gasteiger partial charge in [-0.1, -0.05) is 19.1 Å². The Morgan fingerprint density at radius 3 is 2.61 bits per heavy atom. The van der Waals surface area contributed by atoms with Crippen molar-refractivity contribution in [1.29, 1.82) is 0 Å². The smallest absolute Gasteiger partial charge is 0.306 e. The van der Waals surface area contributed by atoms with Crippen LogP contribution in [0.5, 0.6) is 5.75 Å². The van der Waals surface area contributed by atoms with Crippen LogP contribution in [0, 0.1) is 5.92 Å². The van der Waals surface area contributed by atoms with Gasteiger partial charge >= 0.3 is 5.97 Å². The van der Waals surface area contributed by atoms with Crippen LogP contribution in [0.4, 0.5) is 0 Å². The summed E-state index contributed by atoms with van der Waals surface area (Å²) in [5, 5.41) is 12.0. The van der Waals surface area contributed by atoms with Gasteiger partial charge in [0.25, 0.3) is 0 Å². The van der Waals surface area contributed by atoms with Crippen molar-refractivity contribution in [3.63, 3.8) is 0 Å². The molecular weight excluding hydrogens is 294 g/mol. The van der Waals surface area contributed by atoms with E-state index in [-0.39, 0.29) is 23.8 Å². The first-order valence-corrected chi connectivity index (χ1v) is 8.15. The number of carboxylic acid groups (broad SMARTS) is 1. The SMILES string of the molecule is COc1cccc(C(C)CC(=O)NC2CCC(C(=O)O)CC2)c1. The van der Waals surface area contributed by atoms with Crippen LogP contribution < -0.4 is 10.1 Å². The number of hydrogen-bond donors (Lipinski definition) is 2. The fraction of sp³-hybridized carbons (Fsp3) is 0.556. The van der Waals surface area contributed by atoms with E-state index in [1.807, 2.05) is 31.2 Å². The van der Waals surface area contributed by atoms with Gasteiger partial charge in [-0.25, -0.2) is 0 Å². The largest absolute Gasteiger partial charge is 0.497 e. The zero-order valence-electron chi connectivity index (χ0n) is 13.7. The van der Waals surface area contributed by atoms with E-state index in [1.54, 1.807) is 7.11 Å². The lowest BCUT2D eigenvalue weighted by Crippen LogP contribution is -2.39. The van der Waals surface area contributed by atoms with Crippen molar-refractivity contribution >= 4 is 11.9 Å². The average Bonchev–Trinajstić information content (AvgIpc) is 2.55. The molecule has 1 amide bonds. The van der Waals surface area contributed by atoms with Crippen LogP contribution in [0.15, 0.2) is 24.3 Å². The zero-order chi connectivity index (χ0) is 16.8. The molecule has 1 aromatic carbocycles. The summed E-state index contributed by atoms with van der Waals surface area (Å²) in [6, 6.07) is 7.87. The van der Waals surface area contributed by atoms with E-state index in [0.717, 1.165) is 24.2 Å². The van der Waals surface area contributed by atoms with Gasteiger partial charge in [-0.15, -0.1) is 0 Å². The predicted octanol–water partition coefficient (Wildman–Crippen LogP) is 2.95. The van der Waals surface area contributed by atoms with Crippen molar-refractivity contribution in [3.05, 3.63) is 29.8 Å². The number of amides is 1. The van der Waals surface area contributed by atoms with Gasteiger partial charge in [0.2, 0.25) is 5.91 Å². The van der Waals surface area contributed by atoms with Crippen molar-refractivity contribution < 1.29 is 19.4 Å². The number of hydrogen-bond acceptors (Lipinski definition) is 3. The van der Waals surface area contributed by atoms with E-state index >= 15 is 0 Å². The van der Waals surface area contributed by atoms with Gasteiger partial charge < -0.3 is 15.2 Å². The molecule has 1 atom stereocenters. The standard InChI is InChI=1S/C18H25NO4/c1-12(14-4-3-5-16(11-14)23-2)10-17(20)19-15-8-6-13(7-9-15)18(21)22/h3-5,11-13,15H,6-10H2,1-2H3,(H,19,20)(H,21,22). The highest BCUT2D eigenvalue weighted by Crippen LogP contribution is 2.26. The van der Waals surface area contributed by atoms with Crippen LogP contribution >= 0.6 is 0 Å². The Morgan fingerprint density at radius 2 is 2.00 bits per heavy atom. The summed E-state index contributed by atoms with van der Waals surface area (Å²) in [4.78, 5) is 23.1. The molecule has 0 spiro atoms. The number of nitrogens with one attached hydrogen (secondary N) is 1. The maximum atomic E-state index is 12.2. The monoisotopic (exact) mass is 319 g/mol. The fourth-order valence-electron chi connectivity index (χ4n) is 3.12. The summed E-state index contributed by atoms with van der Waals surface area (Å²) < 4.78 is 5.21. The molecule has 1 unspecified atom stereocenters. The third-order valence-corrected chi connectivity index (χ3v) is 4.60. The Morgan fingerprint density at radius 1 is 1.30 bits per heavy atom. The number of methoxy groups -OCH3 is 1. The predicted molar refractivity (Wildman–Crippen MR) is 87.6 cm³/mol. The molecule has 5 heteroatoms. The Labute approximate surface area is 137 Å². The molecule has 0 aliphatic heterocycles. The number of aliphatic carboxylic acids is 1. The minimum Gasteiger partial charge on any atom is -0.497 e. The zero-order valence-corrected chi connectivity index (χ0v) is 13.7. The third kappa shape index (κ3) is 4.98. The van der Waals surface area contributed by atoms with Crippen molar-refractivity contribution in [1.82, 2.24) is 5.32 Å². The van der Waals surface area contributed by atoms with Gasteiger partial charge in [0.15, 0.2) is 0 Å². The highest BCUT2D eigenvalue weighted by Gasteiger charge is 2.26. The second-order valence-electron chi connectivity index (χ2n) is 6.34. The maximum Gasteiger partial charge on any atom is 0.306 e. The van der Waals surface area contributed by atoms with Gasteiger partial charge in [0.05, 0.1) is 13.0 Å². The molecule has 0 heterocycles. The molecule has 2 N–H and O–H groups in total. The van der Waals surface area contributed by atoms with Gasteiger partial charge in [0, 0.05) is 12.5 Å². The number of carbonyl (C=O) groups is 2. The van der Waals surface area contributed by atoms with Gasteiger partial charge in [-0.05, 0) is 49.3 Å². The van der Waals surface area contributed by atoms with Gasteiger partial charge in [0.1, 0.15) is 5.75 Å². The van der Waals surface area contributed by atoms with Gasteiger partial charge in [-0.3, -0.25) is 9.59 Å². The van der Waals surface area contributed by atoms with Crippen molar-refractivity contribution in [2.75, 3.05) is 7.11 Å². The summed E-state index contributed by atoms with van der Waals surface area (Å²) in [6.45, 7) is 2.02. The normalized spacial score (nSPS) is 22.2. The molecule has 1 aliphatic rings. The van der Waals surface area contributed by atoms with E-state index < -0.39 is 5.97 Å². The molecule has 1 fully saturated rings. The molecule has 1 aromatic rings. The first-order chi connectivity index (χ1) is 11.0. The number of benzene rings is 1. The Hall–Kier alpha value is -2.04. The number of carbonyl (C=O) groups excluding carboxylic acids is 1. The molecule has 1 aliphatic carbocycles. The van der Waals surface area contributed by atoms with Crippen LogP contribution in [-0.4, -0.2) is 30.1 Å². The van der Waals surface area contributed by atoms with Crippen LogP contribution in [0.2, 0.25) is 0 Å². The van der Waals surface area contributed by atoms with Crippen LogP contribution in [0.1, 0.15) is 50.5 Å². The number of rotatable bonds is 6. The minimum atomic E-state index is -0.721. The van der Waals surface area contributed by atoms with Crippen LogP contribution in [-0.2, 0) is 9.59 Å². The Balaban J connectivity index is 1.81. The van der Waals surface area contributed by atoms with Crippen LogP contribution in [0.3, 0.4) is 0 Å². The average molecular weight is 319 g/mol. The van der Waals surface area contributed by atoms with Crippen molar-refractivity contribution in [2.24, 2.45) is 5.92 Å². The second kappa shape index (κ2) is 7.99. The minimum absolute atomic E-state index is 0.0269. The first kappa shape index (κ1) is 17.3. The van der Waals surface area contributed by atoms with E-state index in [4.69, 9.17) is 9.84 Å². The molecule has 0 aromatic heterocycles. The summed E-state index contributed by atoms with van der Waals surface area (Å²) >= 11 is 0. The summed E-state index contributed by atoms with van der Waals surface area (Å²) in [6.07, 6.45) is 3.20. The molecule has 0 radical (unpaired) electrons. The Bertz CT molecular complexity index is 550. The molecule has 0 bridgehead atoms. The van der Waals surface area contributed by atoms with E-state index in [1.165, 1.54) is 0 Å². The van der Waals surface area contributed by atoms with E-state index in [9.17, 15) is 9.59 Å². The molecule has 23 heavy (non-hydrogen) atoms. The quantitative estimate of drug-likeness (QED) is 0.845. The maximum absolute atomic E-state index is 12.2. The third-order valence-electron chi connectivity index (χ3n) is 4.60. The summed E-state index contributed by atoms with van der Waals surface area (Å²) in [7, 11) is 1.63. The Kier molecular flexibility index (Phi) is 6.02. The first-order valence-electron chi connectivity index (χ1n) is 8.15. The molecule has 1 saturated carbocycles. The summed E-state index contributed by atoms with van der Waals surface area (Å²) in [5.41, 5.74) is 1.08. The highest BCUT2D eigenvalue weighted by molar-refractivity contribution is 5.77. The molecular formula is C18H25NO4. The van der Waals surface area contributed by atoms with Crippen molar-refractivity contribution in [2.45, 2.75) is 51.0 Å². The molecule has 0 saturated heterocycles. The second-order valence-corrected chi connectivity index (χ2v) is 6.34. The number of ether oxygens (including phenoxy) is 1. The fourth-order valence-corrected chi connectivity index (χ4v) is 3.12. The molecule has 126 valence electrons. The molecule has 5 nitrogen and oxygen atoms in total.